The molecule has 0 aliphatic heterocycles. The monoisotopic (exact) mass is 261 g/mol. The third-order valence-electron chi connectivity index (χ3n) is 4.07. The first-order valence-electron chi connectivity index (χ1n) is 7.73. The van der Waals surface area contributed by atoms with Crippen molar-refractivity contribution >= 4 is 0 Å². The molecule has 0 radical (unpaired) electrons. The number of hydrogen-bond donors (Lipinski definition) is 1. The van der Waals surface area contributed by atoms with Gasteiger partial charge in [0.1, 0.15) is 0 Å². The minimum absolute atomic E-state index is 0.516. The molecule has 1 aromatic rings. The number of nitrogens with one attached hydrogen (secondary N) is 1. The van der Waals surface area contributed by atoms with Gasteiger partial charge in [0, 0.05) is 19.2 Å². The molecule has 1 aliphatic rings. The fourth-order valence-electron chi connectivity index (χ4n) is 2.87. The van der Waals surface area contributed by atoms with Gasteiger partial charge in [0.05, 0.1) is 6.61 Å². The summed E-state index contributed by atoms with van der Waals surface area (Å²) in [7, 11) is 0. The van der Waals surface area contributed by atoms with Crippen molar-refractivity contribution in [2.24, 2.45) is 0 Å². The van der Waals surface area contributed by atoms with E-state index in [1.54, 1.807) is 0 Å². The summed E-state index contributed by atoms with van der Waals surface area (Å²) in [4.78, 5) is 0. The fourth-order valence-corrected chi connectivity index (χ4v) is 2.87. The predicted octanol–water partition coefficient (Wildman–Crippen LogP) is 4.03. The van der Waals surface area contributed by atoms with E-state index in [1.807, 2.05) is 0 Å². The highest BCUT2D eigenvalue weighted by atomic mass is 16.5. The van der Waals surface area contributed by atoms with Crippen LogP contribution in [0.15, 0.2) is 24.3 Å². The Morgan fingerprint density at radius 1 is 1.16 bits per heavy atom. The van der Waals surface area contributed by atoms with Crippen LogP contribution in [0.4, 0.5) is 0 Å². The van der Waals surface area contributed by atoms with Gasteiger partial charge < -0.3 is 10.1 Å². The summed E-state index contributed by atoms with van der Waals surface area (Å²) in [6, 6.07) is 9.39. The van der Waals surface area contributed by atoms with Crippen molar-refractivity contribution in [1.29, 1.82) is 0 Å². The van der Waals surface area contributed by atoms with E-state index < -0.39 is 0 Å². The zero-order valence-corrected chi connectivity index (χ0v) is 12.3. The lowest BCUT2D eigenvalue weighted by molar-refractivity contribution is 0.130. The van der Waals surface area contributed by atoms with E-state index in [1.165, 1.54) is 36.8 Å². The van der Waals surface area contributed by atoms with Crippen LogP contribution < -0.4 is 5.32 Å². The molecule has 1 N–H and O–H groups in total. The van der Waals surface area contributed by atoms with Crippen LogP contribution in [-0.4, -0.2) is 19.8 Å². The molecule has 0 saturated carbocycles. The number of hydrogen-bond acceptors (Lipinski definition) is 2. The highest BCUT2D eigenvalue weighted by molar-refractivity contribution is 5.34. The first kappa shape index (κ1) is 14.5. The average molecular weight is 261 g/mol. The predicted molar refractivity (Wildman–Crippen MR) is 80.6 cm³/mol. The maximum absolute atomic E-state index is 5.61. The molecule has 2 heteroatoms. The molecule has 19 heavy (non-hydrogen) atoms. The average Bonchev–Trinajstić information content (AvgIpc) is 2.45. The Morgan fingerprint density at radius 2 is 1.95 bits per heavy atom. The van der Waals surface area contributed by atoms with E-state index in [0.29, 0.717) is 12.0 Å². The minimum Gasteiger partial charge on any atom is -0.380 e. The Balaban J connectivity index is 1.80. The molecule has 0 bridgehead atoms. The van der Waals surface area contributed by atoms with Crippen LogP contribution >= 0.6 is 0 Å². The van der Waals surface area contributed by atoms with E-state index in [0.717, 1.165) is 19.8 Å². The molecule has 106 valence electrons. The second-order valence-electron chi connectivity index (χ2n) is 5.58. The van der Waals surface area contributed by atoms with Gasteiger partial charge >= 0.3 is 0 Å². The normalized spacial score (nSPS) is 22.2. The maximum atomic E-state index is 5.61. The lowest BCUT2D eigenvalue weighted by atomic mass is 9.81. The van der Waals surface area contributed by atoms with E-state index in [-0.39, 0.29) is 0 Å². The minimum atomic E-state index is 0.516. The van der Waals surface area contributed by atoms with Crippen molar-refractivity contribution in [3.8, 4) is 0 Å². The smallest absolute Gasteiger partial charge is 0.0591 e. The summed E-state index contributed by atoms with van der Waals surface area (Å²) in [5.41, 5.74) is 3.02. The standard InChI is InChI=1S/C17H27NO/c1-3-4-12-19-13-11-18-17-10-9-14(2)15-7-5-6-8-16(15)17/h5-8,14,17-18H,3-4,9-13H2,1-2H3. The van der Waals surface area contributed by atoms with E-state index in [2.05, 4.69) is 43.4 Å². The Morgan fingerprint density at radius 3 is 2.74 bits per heavy atom. The van der Waals surface area contributed by atoms with Gasteiger partial charge in [-0.05, 0) is 36.3 Å². The van der Waals surface area contributed by atoms with Crippen molar-refractivity contribution in [3.05, 3.63) is 35.4 Å². The molecule has 0 aromatic heterocycles. The summed E-state index contributed by atoms with van der Waals surface area (Å²) in [5, 5.41) is 3.65. The van der Waals surface area contributed by atoms with Crippen LogP contribution in [0.2, 0.25) is 0 Å². The highest BCUT2D eigenvalue weighted by Crippen LogP contribution is 2.36. The summed E-state index contributed by atoms with van der Waals surface area (Å²) in [6.07, 6.45) is 4.91. The molecule has 2 nitrogen and oxygen atoms in total. The fraction of sp³-hybridized carbons (Fsp3) is 0.647. The van der Waals surface area contributed by atoms with Crippen molar-refractivity contribution < 1.29 is 4.74 Å². The largest absolute Gasteiger partial charge is 0.380 e. The highest BCUT2D eigenvalue weighted by Gasteiger charge is 2.23. The Labute approximate surface area is 117 Å². The van der Waals surface area contributed by atoms with E-state index >= 15 is 0 Å². The molecule has 2 unspecified atom stereocenters. The van der Waals surface area contributed by atoms with Crippen LogP contribution in [0, 0.1) is 0 Å². The zero-order valence-electron chi connectivity index (χ0n) is 12.3. The van der Waals surface area contributed by atoms with Crippen LogP contribution in [0.25, 0.3) is 0 Å². The summed E-state index contributed by atoms with van der Waals surface area (Å²) in [5.74, 6) is 0.704. The lowest BCUT2D eigenvalue weighted by Gasteiger charge is -2.30. The summed E-state index contributed by atoms with van der Waals surface area (Å²) >= 11 is 0. The molecular formula is C17H27NO. The van der Waals surface area contributed by atoms with Gasteiger partial charge in [-0.1, -0.05) is 44.5 Å². The van der Waals surface area contributed by atoms with E-state index in [9.17, 15) is 0 Å². The molecule has 0 fully saturated rings. The van der Waals surface area contributed by atoms with Crippen molar-refractivity contribution in [3.63, 3.8) is 0 Å². The van der Waals surface area contributed by atoms with Gasteiger partial charge in [0.25, 0.3) is 0 Å². The zero-order chi connectivity index (χ0) is 13.5. The first-order valence-corrected chi connectivity index (χ1v) is 7.73. The second kappa shape index (κ2) is 7.66. The molecule has 0 saturated heterocycles. The molecule has 1 aliphatic carbocycles. The molecule has 0 amide bonds. The Bertz CT molecular complexity index is 377. The number of ether oxygens (including phenoxy) is 1. The number of benzene rings is 1. The van der Waals surface area contributed by atoms with Gasteiger partial charge in [0.2, 0.25) is 0 Å². The van der Waals surface area contributed by atoms with Crippen LogP contribution in [0.5, 0.6) is 0 Å². The quantitative estimate of drug-likeness (QED) is 0.748. The van der Waals surface area contributed by atoms with Gasteiger partial charge in [-0.15, -0.1) is 0 Å². The van der Waals surface area contributed by atoms with Crippen molar-refractivity contribution in [2.75, 3.05) is 19.8 Å². The van der Waals surface area contributed by atoms with Crippen molar-refractivity contribution in [2.45, 2.75) is 51.5 Å². The third-order valence-corrected chi connectivity index (χ3v) is 4.07. The SMILES string of the molecule is CCCCOCCNC1CCC(C)c2ccccc21. The lowest BCUT2D eigenvalue weighted by Crippen LogP contribution is -2.29. The van der Waals surface area contributed by atoms with E-state index in [4.69, 9.17) is 4.74 Å². The molecule has 2 atom stereocenters. The van der Waals surface area contributed by atoms with Crippen LogP contribution in [0.1, 0.15) is 62.6 Å². The van der Waals surface area contributed by atoms with Gasteiger partial charge in [-0.3, -0.25) is 0 Å². The maximum Gasteiger partial charge on any atom is 0.0591 e. The van der Waals surface area contributed by atoms with Gasteiger partial charge in [0.15, 0.2) is 0 Å². The first-order chi connectivity index (χ1) is 9.33. The molecule has 0 heterocycles. The topological polar surface area (TPSA) is 21.3 Å². The van der Waals surface area contributed by atoms with Gasteiger partial charge in [-0.25, -0.2) is 0 Å². The number of unbranched alkanes of at least 4 members (excludes halogenated alkanes) is 1. The molecular weight excluding hydrogens is 234 g/mol. The Kier molecular flexibility index (Phi) is 5.87. The number of fused-ring (bicyclic) bond motifs is 1. The Hall–Kier alpha value is -0.860. The van der Waals surface area contributed by atoms with Crippen molar-refractivity contribution in [1.82, 2.24) is 5.32 Å². The van der Waals surface area contributed by atoms with Gasteiger partial charge in [-0.2, -0.15) is 0 Å². The summed E-state index contributed by atoms with van der Waals surface area (Å²) in [6.45, 7) is 7.21. The second-order valence-corrected chi connectivity index (χ2v) is 5.58. The molecule has 1 aromatic carbocycles. The molecule has 0 spiro atoms. The number of rotatable bonds is 7. The molecule has 2 rings (SSSR count). The third kappa shape index (κ3) is 4.05. The summed E-state index contributed by atoms with van der Waals surface area (Å²) < 4.78 is 5.61. The van der Waals surface area contributed by atoms with Crippen LogP contribution in [-0.2, 0) is 4.74 Å². The van der Waals surface area contributed by atoms with Crippen LogP contribution in [0.3, 0.4) is 0 Å².